The Labute approximate surface area is 139 Å². The van der Waals surface area contributed by atoms with Gasteiger partial charge in [-0.2, -0.15) is 0 Å². The molecule has 1 aliphatic heterocycles. The number of nitrogens with zero attached hydrogens (tertiary/aromatic N) is 1. The molecule has 0 unspecified atom stereocenters. The van der Waals surface area contributed by atoms with E-state index in [-0.39, 0.29) is 5.91 Å². The highest BCUT2D eigenvalue weighted by atomic mass is 32.2. The molecule has 1 fully saturated rings. The van der Waals surface area contributed by atoms with E-state index in [4.69, 9.17) is 12.2 Å². The first-order chi connectivity index (χ1) is 10.8. The molecule has 1 saturated heterocycles. The van der Waals surface area contributed by atoms with Crippen LogP contribution in [-0.2, 0) is 4.79 Å². The molecule has 3 rings (SSSR count). The first-order valence-electron chi connectivity index (χ1n) is 6.80. The lowest BCUT2D eigenvalue weighted by Gasteiger charge is -2.13. The van der Waals surface area contributed by atoms with Crippen LogP contribution in [0.1, 0.15) is 5.56 Å². The van der Waals surface area contributed by atoms with Gasteiger partial charge in [0.1, 0.15) is 0 Å². The zero-order valence-corrected chi connectivity index (χ0v) is 13.3. The average molecular weight is 323 g/mol. The van der Waals surface area contributed by atoms with Gasteiger partial charge in [-0.1, -0.05) is 84.7 Å². The summed E-state index contributed by atoms with van der Waals surface area (Å²) in [5, 5.41) is 0. The van der Waals surface area contributed by atoms with Crippen LogP contribution in [0.25, 0.3) is 6.08 Å². The lowest BCUT2D eigenvalue weighted by Crippen LogP contribution is -2.27. The molecule has 2 aromatic rings. The van der Waals surface area contributed by atoms with Gasteiger partial charge in [-0.3, -0.25) is 9.69 Å². The Morgan fingerprint density at radius 2 is 1.59 bits per heavy atom. The maximum Gasteiger partial charge on any atom is 0.270 e. The minimum atomic E-state index is -0.0705. The van der Waals surface area contributed by atoms with Gasteiger partial charge in [-0.05, 0) is 23.8 Å². The molecule has 2 nitrogen and oxygen atoms in total. The number of benzene rings is 2. The van der Waals surface area contributed by atoms with Crippen LogP contribution >= 0.6 is 24.0 Å². The third kappa shape index (κ3) is 3.18. The maximum atomic E-state index is 12.5. The molecule has 0 N–H and O–H groups in total. The Morgan fingerprint density at radius 1 is 0.955 bits per heavy atom. The van der Waals surface area contributed by atoms with Gasteiger partial charge in [0.2, 0.25) is 0 Å². The Morgan fingerprint density at radius 3 is 2.27 bits per heavy atom. The molecular weight excluding hydrogens is 310 g/mol. The predicted molar refractivity (Wildman–Crippen MR) is 97.7 cm³/mol. The number of carbonyl (C=O) groups is 1. The standard InChI is InChI=1S/C18H13NOS2/c20-17-16(13-7-10-14-8-3-1-4-9-14)22-18(21)19(17)15-11-5-2-6-12-15/h1-13H. The van der Waals surface area contributed by atoms with Crippen LogP contribution < -0.4 is 4.90 Å². The van der Waals surface area contributed by atoms with Crippen LogP contribution in [-0.4, -0.2) is 10.2 Å². The van der Waals surface area contributed by atoms with Gasteiger partial charge in [0.25, 0.3) is 5.91 Å². The molecular formula is C18H13NOS2. The number of allylic oxidation sites excluding steroid dienone is 2. The van der Waals surface area contributed by atoms with E-state index >= 15 is 0 Å². The van der Waals surface area contributed by atoms with E-state index < -0.39 is 0 Å². The van der Waals surface area contributed by atoms with Gasteiger partial charge >= 0.3 is 0 Å². The van der Waals surface area contributed by atoms with Gasteiger partial charge < -0.3 is 0 Å². The largest absolute Gasteiger partial charge is 0.270 e. The molecule has 1 heterocycles. The van der Waals surface area contributed by atoms with E-state index in [0.29, 0.717) is 9.23 Å². The lowest BCUT2D eigenvalue weighted by atomic mass is 10.2. The molecule has 22 heavy (non-hydrogen) atoms. The summed E-state index contributed by atoms with van der Waals surface area (Å²) < 4.78 is 0.565. The van der Waals surface area contributed by atoms with Crippen LogP contribution in [0.2, 0.25) is 0 Å². The van der Waals surface area contributed by atoms with Crippen molar-refractivity contribution in [3.63, 3.8) is 0 Å². The third-order valence-corrected chi connectivity index (χ3v) is 4.46. The van der Waals surface area contributed by atoms with E-state index in [2.05, 4.69) is 0 Å². The number of rotatable bonds is 3. The second-order valence-electron chi connectivity index (χ2n) is 4.64. The monoisotopic (exact) mass is 323 g/mol. The molecule has 2 aromatic carbocycles. The smallest absolute Gasteiger partial charge is 0.268 e. The molecule has 0 bridgehead atoms. The van der Waals surface area contributed by atoms with Crippen molar-refractivity contribution in [3.05, 3.63) is 83.3 Å². The van der Waals surface area contributed by atoms with Crippen molar-refractivity contribution in [1.29, 1.82) is 0 Å². The van der Waals surface area contributed by atoms with Gasteiger partial charge in [0, 0.05) is 0 Å². The van der Waals surface area contributed by atoms with Crippen molar-refractivity contribution < 1.29 is 4.79 Å². The fraction of sp³-hybridized carbons (Fsp3) is 0. The Kier molecular flexibility index (Phi) is 4.51. The summed E-state index contributed by atoms with van der Waals surface area (Å²) in [4.78, 5) is 14.7. The van der Waals surface area contributed by atoms with Crippen LogP contribution in [0.5, 0.6) is 0 Å². The van der Waals surface area contributed by atoms with E-state index in [9.17, 15) is 4.79 Å². The van der Waals surface area contributed by atoms with Gasteiger partial charge in [-0.25, -0.2) is 0 Å². The molecule has 0 radical (unpaired) electrons. The number of hydrogen-bond donors (Lipinski definition) is 0. The van der Waals surface area contributed by atoms with Crippen LogP contribution in [0.3, 0.4) is 0 Å². The maximum absolute atomic E-state index is 12.5. The van der Waals surface area contributed by atoms with Crippen LogP contribution in [0, 0.1) is 0 Å². The summed E-state index contributed by atoms with van der Waals surface area (Å²) in [5.74, 6) is -0.0705. The second-order valence-corrected chi connectivity index (χ2v) is 6.32. The number of anilines is 1. The highest BCUT2D eigenvalue weighted by Gasteiger charge is 2.32. The average Bonchev–Trinajstić information content (AvgIpc) is 2.83. The number of amides is 1. The summed E-state index contributed by atoms with van der Waals surface area (Å²) in [6.45, 7) is 0. The second kappa shape index (κ2) is 6.73. The highest BCUT2D eigenvalue weighted by molar-refractivity contribution is 8.27. The van der Waals surface area contributed by atoms with Crippen molar-refractivity contribution in [1.82, 2.24) is 0 Å². The molecule has 1 amide bonds. The fourth-order valence-corrected chi connectivity index (χ4v) is 3.34. The zero-order chi connectivity index (χ0) is 15.4. The molecule has 0 aliphatic carbocycles. The molecule has 0 atom stereocenters. The Balaban J connectivity index is 1.79. The quantitative estimate of drug-likeness (QED) is 0.606. The molecule has 108 valence electrons. The Hall–Kier alpha value is -2.17. The summed E-state index contributed by atoms with van der Waals surface area (Å²) in [7, 11) is 0. The number of thioether (sulfide) groups is 1. The summed E-state index contributed by atoms with van der Waals surface area (Å²) in [6, 6.07) is 19.4. The van der Waals surface area contributed by atoms with Gasteiger partial charge in [-0.15, -0.1) is 0 Å². The van der Waals surface area contributed by atoms with Crippen molar-refractivity contribution in [2.24, 2.45) is 0 Å². The molecule has 4 heteroatoms. The lowest BCUT2D eigenvalue weighted by molar-refractivity contribution is -0.113. The molecule has 0 spiro atoms. The normalized spacial score (nSPS) is 16.9. The number of hydrogen-bond acceptors (Lipinski definition) is 3. The third-order valence-electron chi connectivity index (χ3n) is 3.14. The Bertz CT molecular complexity index is 751. The number of para-hydroxylation sites is 1. The van der Waals surface area contributed by atoms with Gasteiger partial charge in [0.15, 0.2) is 4.32 Å². The van der Waals surface area contributed by atoms with E-state index in [1.54, 1.807) is 4.90 Å². The summed E-state index contributed by atoms with van der Waals surface area (Å²) in [5.41, 5.74) is 1.90. The topological polar surface area (TPSA) is 20.3 Å². The zero-order valence-electron chi connectivity index (χ0n) is 11.7. The molecule has 0 aromatic heterocycles. The first kappa shape index (κ1) is 14.8. The van der Waals surface area contributed by atoms with E-state index in [1.807, 2.05) is 78.9 Å². The molecule has 0 saturated carbocycles. The SMILES string of the molecule is O=C1C(=CC=Cc2ccccc2)SC(=S)N1c1ccccc1. The van der Waals surface area contributed by atoms with Gasteiger partial charge in [0.05, 0.1) is 10.6 Å². The predicted octanol–water partition coefficient (Wildman–Crippen LogP) is 4.65. The number of thiocarbonyl (C=S) groups is 1. The van der Waals surface area contributed by atoms with Crippen LogP contribution in [0.15, 0.2) is 77.7 Å². The first-order valence-corrected chi connectivity index (χ1v) is 8.03. The highest BCUT2D eigenvalue weighted by Crippen LogP contribution is 2.34. The minimum Gasteiger partial charge on any atom is -0.268 e. The minimum absolute atomic E-state index is 0.0705. The summed E-state index contributed by atoms with van der Waals surface area (Å²) in [6.07, 6.45) is 5.66. The van der Waals surface area contributed by atoms with Crippen molar-refractivity contribution >= 4 is 46.0 Å². The van der Waals surface area contributed by atoms with Crippen molar-refractivity contribution in [3.8, 4) is 0 Å². The fourth-order valence-electron chi connectivity index (χ4n) is 2.09. The van der Waals surface area contributed by atoms with Crippen molar-refractivity contribution in [2.45, 2.75) is 0 Å². The van der Waals surface area contributed by atoms with Crippen LogP contribution in [0.4, 0.5) is 5.69 Å². The molecule has 1 aliphatic rings. The number of carbonyl (C=O) groups excluding carboxylic acids is 1. The van der Waals surface area contributed by atoms with E-state index in [1.165, 1.54) is 11.8 Å². The van der Waals surface area contributed by atoms with E-state index in [0.717, 1.165) is 11.3 Å². The summed E-state index contributed by atoms with van der Waals surface area (Å²) >= 11 is 6.65. The van der Waals surface area contributed by atoms with Crippen molar-refractivity contribution in [2.75, 3.05) is 4.90 Å².